The predicted molar refractivity (Wildman–Crippen MR) is 157 cm³/mol. The highest BCUT2D eigenvalue weighted by atomic mass is 32.2. The van der Waals surface area contributed by atoms with Gasteiger partial charge in [0.05, 0.1) is 34.1 Å². The van der Waals surface area contributed by atoms with Crippen molar-refractivity contribution in [1.29, 1.82) is 0 Å². The van der Waals surface area contributed by atoms with Gasteiger partial charge in [0.25, 0.3) is 5.91 Å². The van der Waals surface area contributed by atoms with E-state index in [2.05, 4.69) is 43.9 Å². The molecular weight excluding hydrogens is 526 g/mol. The van der Waals surface area contributed by atoms with E-state index in [1.165, 1.54) is 42.3 Å². The molecule has 7 rings (SSSR count). The van der Waals surface area contributed by atoms with E-state index < -0.39 is 10.0 Å². The molecule has 40 heavy (non-hydrogen) atoms. The van der Waals surface area contributed by atoms with Crippen LogP contribution in [0.15, 0.2) is 35.2 Å². The van der Waals surface area contributed by atoms with Gasteiger partial charge in [-0.3, -0.25) is 4.79 Å². The Morgan fingerprint density at radius 1 is 1.00 bits per heavy atom. The van der Waals surface area contributed by atoms with Crippen LogP contribution in [0.2, 0.25) is 0 Å². The van der Waals surface area contributed by atoms with Crippen molar-refractivity contribution < 1.29 is 18.3 Å². The summed E-state index contributed by atoms with van der Waals surface area (Å²) in [5.74, 6) is 1.39. The molecule has 2 atom stereocenters. The number of nitrogens with one attached hydrogen (secondary N) is 2. The van der Waals surface area contributed by atoms with E-state index in [0.717, 1.165) is 69.5 Å². The smallest absolute Gasteiger partial charge is 0.257 e. The van der Waals surface area contributed by atoms with E-state index >= 15 is 0 Å². The molecule has 2 aromatic carbocycles. The first kappa shape index (κ1) is 26.1. The zero-order valence-corrected chi connectivity index (χ0v) is 24.0. The van der Waals surface area contributed by atoms with Gasteiger partial charge < -0.3 is 25.1 Å². The number of benzene rings is 2. The van der Waals surface area contributed by atoms with Gasteiger partial charge in [0.1, 0.15) is 0 Å². The first-order chi connectivity index (χ1) is 19.2. The van der Waals surface area contributed by atoms with Crippen molar-refractivity contribution in [3.63, 3.8) is 0 Å². The van der Waals surface area contributed by atoms with Gasteiger partial charge in [-0.1, -0.05) is 0 Å². The molecule has 0 aromatic heterocycles. The highest BCUT2D eigenvalue weighted by Gasteiger charge is 2.46. The van der Waals surface area contributed by atoms with Crippen LogP contribution in [0, 0.1) is 17.3 Å². The highest BCUT2D eigenvalue weighted by Crippen LogP contribution is 2.54. The maximum absolute atomic E-state index is 13.8. The zero-order chi connectivity index (χ0) is 27.6. The van der Waals surface area contributed by atoms with Crippen molar-refractivity contribution in [2.75, 3.05) is 72.9 Å². The first-order valence-corrected chi connectivity index (χ1v) is 16.2. The van der Waals surface area contributed by atoms with Crippen molar-refractivity contribution in [1.82, 2.24) is 4.72 Å². The quantitative estimate of drug-likeness (QED) is 0.452. The molecule has 1 spiro atoms. The van der Waals surface area contributed by atoms with Gasteiger partial charge >= 0.3 is 0 Å². The lowest BCUT2D eigenvalue weighted by Crippen LogP contribution is -2.36. The number of hydrogen-bond donors (Lipinski definition) is 3. The number of rotatable bonds is 8. The van der Waals surface area contributed by atoms with Crippen LogP contribution in [-0.4, -0.2) is 72.4 Å². The molecule has 3 heterocycles. The van der Waals surface area contributed by atoms with E-state index in [4.69, 9.17) is 5.11 Å². The van der Waals surface area contributed by atoms with E-state index in [1.807, 2.05) is 0 Å². The minimum absolute atomic E-state index is 0.0551. The fourth-order valence-corrected chi connectivity index (χ4v) is 8.15. The number of anilines is 4. The normalized spacial score (nSPS) is 24.3. The fourth-order valence-electron chi connectivity index (χ4n) is 7.11. The summed E-state index contributed by atoms with van der Waals surface area (Å²) in [6.07, 6.45) is 6.95. The molecule has 214 valence electrons. The van der Waals surface area contributed by atoms with Crippen LogP contribution in [0.25, 0.3) is 0 Å². The fraction of sp³-hybridized carbons (Fsp3) is 0.567. The topological polar surface area (TPSA) is 105 Å². The van der Waals surface area contributed by atoms with Crippen LogP contribution in [0.4, 0.5) is 22.7 Å². The lowest BCUT2D eigenvalue weighted by molar-refractivity contribution is 0.102. The molecule has 2 aromatic rings. The van der Waals surface area contributed by atoms with Crippen molar-refractivity contribution in [2.45, 2.75) is 43.4 Å². The van der Waals surface area contributed by atoms with Gasteiger partial charge in [0.2, 0.25) is 10.0 Å². The molecule has 1 amide bonds. The number of hydrogen-bond acceptors (Lipinski definition) is 7. The maximum Gasteiger partial charge on any atom is 0.257 e. The van der Waals surface area contributed by atoms with Gasteiger partial charge in [-0.05, 0) is 91.7 Å². The molecule has 0 radical (unpaired) electrons. The van der Waals surface area contributed by atoms with Crippen LogP contribution in [0.3, 0.4) is 0 Å². The van der Waals surface area contributed by atoms with Crippen LogP contribution in [0.1, 0.15) is 48.0 Å². The molecule has 2 aliphatic carbocycles. The predicted octanol–water partition coefficient (Wildman–Crippen LogP) is 3.04. The molecule has 5 aliphatic rings. The molecule has 3 N–H and O–H groups in total. The Morgan fingerprint density at radius 3 is 2.45 bits per heavy atom. The molecule has 0 bridgehead atoms. The third-order valence-corrected chi connectivity index (χ3v) is 11.4. The summed E-state index contributed by atoms with van der Waals surface area (Å²) in [5.41, 5.74) is 6.13. The summed E-state index contributed by atoms with van der Waals surface area (Å²) in [5, 5.41) is 12.3. The van der Waals surface area contributed by atoms with Crippen molar-refractivity contribution in [3.8, 4) is 0 Å². The molecule has 2 unspecified atom stereocenters. The van der Waals surface area contributed by atoms with Crippen LogP contribution in [0.5, 0.6) is 0 Å². The zero-order valence-electron chi connectivity index (χ0n) is 23.2. The van der Waals surface area contributed by atoms with Gasteiger partial charge in [0, 0.05) is 52.0 Å². The molecule has 2 saturated carbocycles. The second kappa shape index (κ2) is 9.63. The lowest BCUT2D eigenvalue weighted by Gasteiger charge is -2.35. The Bertz CT molecular complexity index is 1440. The van der Waals surface area contributed by atoms with E-state index in [0.29, 0.717) is 16.7 Å². The van der Waals surface area contributed by atoms with Crippen LogP contribution in [-0.2, 0) is 16.4 Å². The van der Waals surface area contributed by atoms with Crippen molar-refractivity contribution in [3.05, 3.63) is 41.5 Å². The molecule has 3 aliphatic heterocycles. The van der Waals surface area contributed by atoms with Crippen molar-refractivity contribution >= 4 is 38.7 Å². The average molecular weight is 566 g/mol. The van der Waals surface area contributed by atoms with Gasteiger partial charge in [-0.15, -0.1) is 0 Å². The maximum atomic E-state index is 13.8. The van der Waals surface area contributed by atoms with Gasteiger partial charge in [0.15, 0.2) is 0 Å². The SMILES string of the molecule is CN1CCc2cc(NC(=O)c3ccc(S(=O)(=O)NCCO)cc3N3CCC4(CC3)CC4)cc(N3CC4CC4C3)c21. The van der Waals surface area contributed by atoms with E-state index in [9.17, 15) is 13.2 Å². The van der Waals surface area contributed by atoms with Crippen LogP contribution >= 0.6 is 0 Å². The summed E-state index contributed by atoms with van der Waals surface area (Å²) < 4.78 is 28.2. The Balaban J connectivity index is 1.20. The third kappa shape index (κ3) is 4.73. The first-order valence-electron chi connectivity index (χ1n) is 14.7. The molecule has 4 fully saturated rings. The van der Waals surface area contributed by atoms with Crippen molar-refractivity contribution in [2.24, 2.45) is 17.3 Å². The lowest BCUT2D eigenvalue weighted by atomic mass is 9.93. The summed E-state index contributed by atoms with van der Waals surface area (Å²) in [7, 11) is -1.66. The number of carbonyl (C=O) groups excluding carboxylic acids is 1. The highest BCUT2D eigenvalue weighted by molar-refractivity contribution is 7.89. The number of likely N-dealkylation sites (N-methyl/N-ethyl adjacent to an activating group) is 1. The number of carbonyl (C=O) groups is 1. The summed E-state index contributed by atoms with van der Waals surface area (Å²) >= 11 is 0. The second-order valence-corrected chi connectivity index (χ2v) is 14.3. The third-order valence-electron chi connectivity index (χ3n) is 9.89. The molecule has 2 saturated heterocycles. The number of fused-ring (bicyclic) bond motifs is 2. The molecule has 10 heteroatoms. The summed E-state index contributed by atoms with van der Waals surface area (Å²) in [4.78, 5) is 20.9. The number of piperidine rings is 2. The van der Waals surface area contributed by atoms with E-state index in [-0.39, 0.29) is 24.0 Å². The average Bonchev–Trinajstić information content (AvgIpc) is 3.81. The Labute approximate surface area is 236 Å². The number of aliphatic hydroxyl groups excluding tert-OH is 1. The second-order valence-electron chi connectivity index (χ2n) is 12.6. The van der Waals surface area contributed by atoms with Crippen LogP contribution < -0.4 is 24.7 Å². The number of sulfonamides is 1. The van der Waals surface area contributed by atoms with Gasteiger partial charge in [-0.2, -0.15) is 0 Å². The largest absolute Gasteiger partial charge is 0.395 e. The summed E-state index contributed by atoms with van der Waals surface area (Å²) in [6.45, 7) is 4.42. The number of amides is 1. The minimum Gasteiger partial charge on any atom is -0.395 e. The molecule has 9 nitrogen and oxygen atoms in total. The molecular formula is C30H39N5O4S. The monoisotopic (exact) mass is 565 g/mol. The van der Waals surface area contributed by atoms with Gasteiger partial charge in [-0.25, -0.2) is 13.1 Å². The summed E-state index contributed by atoms with van der Waals surface area (Å²) in [6, 6.07) is 8.98. The van der Waals surface area contributed by atoms with E-state index in [1.54, 1.807) is 12.1 Å². The standard InChI is InChI=1S/C30H39N5O4S/c1-33-10-4-20-15-23(16-27(28(20)33)35-18-21-14-22(21)19-35)32-29(37)25-3-2-24(40(38,39)31-9-13-36)17-26(25)34-11-7-30(5-6-30)8-12-34/h2-3,15-17,21-22,31,36H,4-14,18-19H2,1H3,(H,32,37). The minimum atomic E-state index is -3.80. The number of aliphatic hydroxyl groups is 1. The Kier molecular flexibility index (Phi) is 6.29. The Morgan fingerprint density at radius 2 is 1.75 bits per heavy atom. The Hall–Kier alpha value is -2.82. The number of nitrogens with zero attached hydrogens (tertiary/aromatic N) is 3.